The number of nitrogens with zero attached hydrogens (tertiary/aromatic N) is 5. The van der Waals surface area contributed by atoms with Gasteiger partial charge in [0.2, 0.25) is 0 Å². The Kier molecular flexibility index (Phi) is 3.38. The van der Waals surface area contributed by atoms with Crippen LogP contribution in [0.1, 0.15) is 25.1 Å². The van der Waals surface area contributed by atoms with Gasteiger partial charge in [0, 0.05) is 38.3 Å². The molecule has 4 aromatic rings. The van der Waals surface area contributed by atoms with Crippen LogP contribution in [0.2, 0.25) is 0 Å². The average molecular weight is 357 g/mol. The molecule has 0 saturated heterocycles. The van der Waals surface area contributed by atoms with Crippen LogP contribution in [-0.4, -0.2) is 43.0 Å². The topological polar surface area (TPSA) is 38.4 Å². The minimum atomic E-state index is 0.825. The van der Waals surface area contributed by atoms with Gasteiger partial charge in [0.05, 0.1) is 29.1 Å². The molecule has 1 aliphatic heterocycles. The zero-order chi connectivity index (χ0) is 17.8. The lowest BCUT2D eigenvalue weighted by atomic mass is 9.91. The van der Waals surface area contributed by atoms with Crippen LogP contribution in [-0.2, 0) is 13.0 Å². The Morgan fingerprint density at radius 1 is 0.963 bits per heavy atom. The number of aromatic nitrogens is 4. The summed E-state index contributed by atoms with van der Waals surface area (Å²) in [6, 6.07) is 11.8. The summed E-state index contributed by atoms with van der Waals surface area (Å²) < 4.78 is 4.51. The van der Waals surface area contributed by atoms with Crippen LogP contribution in [0.25, 0.3) is 27.7 Å². The fraction of sp³-hybridized carbons (Fsp3) is 0.364. The molecule has 1 aliphatic carbocycles. The molecule has 5 nitrogen and oxygen atoms in total. The van der Waals surface area contributed by atoms with Gasteiger partial charge in [0.25, 0.3) is 0 Å². The van der Waals surface area contributed by atoms with E-state index in [4.69, 9.17) is 4.98 Å². The van der Waals surface area contributed by atoms with E-state index in [0.717, 1.165) is 43.1 Å². The summed E-state index contributed by atoms with van der Waals surface area (Å²) in [4.78, 5) is 11.9. The highest BCUT2D eigenvalue weighted by molar-refractivity contribution is 5.83. The zero-order valence-corrected chi connectivity index (χ0v) is 15.4. The number of fused-ring (bicyclic) bond motifs is 4. The van der Waals surface area contributed by atoms with Crippen LogP contribution in [0.5, 0.6) is 0 Å². The van der Waals surface area contributed by atoms with Gasteiger partial charge in [0.1, 0.15) is 5.82 Å². The van der Waals surface area contributed by atoms with E-state index in [-0.39, 0.29) is 0 Å². The zero-order valence-electron chi connectivity index (χ0n) is 15.4. The second-order valence-corrected chi connectivity index (χ2v) is 7.90. The van der Waals surface area contributed by atoms with Crippen LogP contribution < -0.4 is 0 Å². The molecule has 0 bridgehead atoms. The molecular formula is C22H23N5. The van der Waals surface area contributed by atoms with E-state index in [9.17, 15) is 0 Å². The van der Waals surface area contributed by atoms with Gasteiger partial charge in [0.15, 0.2) is 0 Å². The Balaban J connectivity index is 1.35. The van der Waals surface area contributed by atoms with Crippen LogP contribution in [0.3, 0.4) is 0 Å². The Labute approximate surface area is 158 Å². The minimum Gasteiger partial charge on any atom is -0.327 e. The number of imidazole rings is 2. The largest absolute Gasteiger partial charge is 0.327 e. The summed E-state index contributed by atoms with van der Waals surface area (Å²) in [5, 5.41) is 0. The Bertz CT molecular complexity index is 1130. The normalized spacial score (nSPS) is 18.5. The van der Waals surface area contributed by atoms with E-state index in [0.29, 0.717) is 0 Å². The van der Waals surface area contributed by atoms with Crippen molar-refractivity contribution >= 4 is 16.6 Å². The van der Waals surface area contributed by atoms with Gasteiger partial charge in [-0.1, -0.05) is 18.6 Å². The monoisotopic (exact) mass is 357 g/mol. The van der Waals surface area contributed by atoms with Gasteiger partial charge in [-0.25, -0.2) is 9.97 Å². The van der Waals surface area contributed by atoms with E-state index in [1.165, 1.54) is 41.7 Å². The first-order valence-electron chi connectivity index (χ1n) is 10.0. The number of hydrogen-bond acceptors (Lipinski definition) is 3. The molecule has 0 amide bonds. The summed E-state index contributed by atoms with van der Waals surface area (Å²) in [5.41, 5.74) is 5.91. The maximum atomic E-state index is 5.01. The lowest BCUT2D eigenvalue weighted by Gasteiger charge is -2.36. The lowest BCUT2D eigenvalue weighted by Crippen LogP contribution is -2.41. The van der Waals surface area contributed by atoms with Gasteiger partial charge in [-0.2, -0.15) is 0 Å². The third-order valence-corrected chi connectivity index (χ3v) is 6.39. The van der Waals surface area contributed by atoms with E-state index in [2.05, 4.69) is 55.4 Å². The average Bonchev–Trinajstić information content (AvgIpc) is 3.20. The quantitative estimate of drug-likeness (QED) is 0.548. The van der Waals surface area contributed by atoms with Crippen molar-refractivity contribution in [2.24, 2.45) is 0 Å². The third kappa shape index (κ3) is 2.49. The van der Waals surface area contributed by atoms with Crippen molar-refractivity contribution in [2.45, 2.75) is 38.3 Å². The Hall–Kier alpha value is -2.66. The Morgan fingerprint density at radius 3 is 2.78 bits per heavy atom. The molecule has 1 fully saturated rings. The molecule has 0 radical (unpaired) electrons. The van der Waals surface area contributed by atoms with Gasteiger partial charge in [-0.15, -0.1) is 0 Å². The highest BCUT2D eigenvalue weighted by Gasteiger charge is 2.27. The molecule has 0 unspecified atom stereocenters. The third-order valence-electron chi connectivity index (χ3n) is 6.39. The van der Waals surface area contributed by atoms with Crippen molar-refractivity contribution in [3.63, 3.8) is 0 Å². The molecule has 0 spiro atoms. The predicted octanol–water partition coefficient (Wildman–Crippen LogP) is 3.76. The van der Waals surface area contributed by atoms with Crippen molar-refractivity contribution in [2.75, 3.05) is 13.1 Å². The van der Waals surface area contributed by atoms with Crippen LogP contribution in [0, 0.1) is 0 Å². The molecule has 0 N–H and O–H groups in total. The summed E-state index contributed by atoms with van der Waals surface area (Å²) in [6.45, 7) is 3.36. The molecule has 136 valence electrons. The van der Waals surface area contributed by atoms with Crippen molar-refractivity contribution < 1.29 is 0 Å². The van der Waals surface area contributed by atoms with E-state index < -0.39 is 0 Å². The van der Waals surface area contributed by atoms with Crippen molar-refractivity contribution in [3.05, 3.63) is 54.9 Å². The molecule has 5 heteroatoms. The standard InChI is InChI=1S/C22H23N5/c1-2-18(3-1)25-9-8-22-24-20-12-16(5-7-21(20)27(22)11-10-25)17-4-6-19-13-23-15-26(19)14-17/h4-7,12-15,18H,1-3,8-11H2. The summed E-state index contributed by atoms with van der Waals surface area (Å²) in [7, 11) is 0. The van der Waals surface area contributed by atoms with E-state index in [1.807, 2.05) is 12.5 Å². The first kappa shape index (κ1) is 15.4. The maximum absolute atomic E-state index is 5.01. The first-order valence-corrected chi connectivity index (χ1v) is 10.0. The van der Waals surface area contributed by atoms with E-state index >= 15 is 0 Å². The second-order valence-electron chi connectivity index (χ2n) is 7.90. The van der Waals surface area contributed by atoms with Crippen LogP contribution in [0.15, 0.2) is 49.1 Å². The van der Waals surface area contributed by atoms with Gasteiger partial charge >= 0.3 is 0 Å². The summed E-state index contributed by atoms with van der Waals surface area (Å²) in [6.07, 6.45) is 11.1. The smallest absolute Gasteiger partial charge is 0.111 e. The maximum Gasteiger partial charge on any atom is 0.111 e. The number of hydrogen-bond donors (Lipinski definition) is 0. The summed E-state index contributed by atoms with van der Waals surface area (Å²) in [5.74, 6) is 1.24. The fourth-order valence-electron chi connectivity index (χ4n) is 4.59. The molecule has 4 heterocycles. The molecule has 1 aromatic carbocycles. The molecule has 3 aromatic heterocycles. The van der Waals surface area contributed by atoms with Gasteiger partial charge in [-0.05, 0) is 42.2 Å². The van der Waals surface area contributed by atoms with Crippen molar-refractivity contribution in [1.29, 1.82) is 0 Å². The van der Waals surface area contributed by atoms with Crippen LogP contribution >= 0.6 is 0 Å². The molecule has 27 heavy (non-hydrogen) atoms. The summed E-state index contributed by atoms with van der Waals surface area (Å²) >= 11 is 0. The van der Waals surface area contributed by atoms with Gasteiger partial charge < -0.3 is 8.97 Å². The molecular weight excluding hydrogens is 334 g/mol. The van der Waals surface area contributed by atoms with Crippen molar-refractivity contribution in [1.82, 2.24) is 23.8 Å². The highest BCUT2D eigenvalue weighted by Crippen LogP contribution is 2.29. The lowest BCUT2D eigenvalue weighted by molar-refractivity contribution is 0.130. The SMILES string of the molecule is c1cc2c(cc1-c1ccc3cncn3c1)nc1n2CCN(C2CCC2)CC1. The fourth-order valence-corrected chi connectivity index (χ4v) is 4.59. The Morgan fingerprint density at radius 2 is 1.89 bits per heavy atom. The molecule has 0 atom stereocenters. The molecule has 2 aliphatic rings. The first-order chi connectivity index (χ1) is 13.3. The second kappa shape index (κ2) is 5.92. The number of benzene rings is 1. The highest BCUT2D eigenvalue weighted by atomic mass is 15.2. The number of pyridine rings is 1. The minimum absolute atomic E-state index is 0.825. The molecule has 1 saturated carbocycles. The molecule has 6 rings (SSSR count). The predicted molar refractivity (Wildman–Crippen MR) is 107 cm³/mol. The van der Waals surface area contributed by atoms with Crippen molar-refractivity contribution in [3.8, 4) is 11.1 Å². The van der Waals surface area contributed by atoms with E-state index in [1.54, 1.807) is 0 Å². The van der Waals surface area contributed by atoms with Gasteiger partial charge in [-0.3, -0.25) is 4.90 Å². The number of rotatable bonds is 2. The van der Waals surface area contributed by atoms with Crippen LogP contribution in [0.4, 0.5) is 0 Å².